The molecule has 0 aliphatic rings. The number of thiazole rings is 6. The van der Waals surface area contributed by atoms with Crippen molar-refractivity contribution in [2.24, 2.45) is 14.1 Å². The molecule has 144 heavy (non-hydrogen) atoms. The quantitative estimate of drug-likeness (QED) is 0.0244. The largest absolute Gasteiger partial charge is 0.465 e. The lowest BCUT2D eigenvalue weighted by molar-refractivity contribution is 0.0600. The van der Waals surface area contributed by atoms with Gasteiger partial charge >= 0.3 is 5.97 Å². The highest BCUT2D eigenvalue weighted by atomic mass is 32.2. The number of carbonyl (C=O) groups excluding carboxylic acids is 2. The average Bonchev–Trinajstić information content (AvgIpc) is 1.96. The summed E-state index contributed by atoms with van der Waals surface area (Å²) >= 11 is 16.2. The molecule has 0 fully saturated rings. The fraction of sp³-hybridized carbons (Fsp3) is 0.263. The van der Waals surface area contributed by atoms with Gasteiger partial charge in [0.2, 0.25) is 0 Å². The Bertz CT molecular complexity index is 8060. The van der Waals surface area contributed by atoms with Crippen molar-refractivity contribution in [2.45, 2.75) is 127 Å². The average molecular weight is 2230 g/mol. The molecule has 45 heteroatoms. The number of anilines is 5. The van der Waals surface area contributed by atoms with E-state index in [4.69, 9.17) is 58.3 Å². The van der Waals surface area contributed by atoms with Crippen LogP contribution in [0.25, 0.3) is 160 Å². The van der Waals surface area contributed by atoms with Crippen molar-refractivity contribution in [1.82, 2.24) is 78.8 Å². The van der Waals surface area contributed by atoms with Crippen LogP contribution in [-0.2, 0) is 72.8 Å². The number of fused-ring (bicyclic) bond motifs is 5. The molecule has 0 bridgehead atoms. The lowest BCUT2D eigenvalue weighted by Crippen LogP contribution is -2.21. The van der Waals surface area contributed by atoms with Crippen LogP contribution < -0.4 is 28.7 Å². The first-order valence-electron chi connectivity index (χ1n) is 45.7. The summed E-state index contributed by atoms with van der Waals surface area (Å²) in [4.78, 5) is 89.3. The van der Waals surface area contributed by atoms with Crippen LogP contribution in [0.5, 0.6) is 0 Å². The molecule has 0 aliphatic heterocycles. The number of hydrogen-bond acceptors (Lipinski definition) is 37. The summed E-state index contributed by atoms with van der Waals surface area (Å²) in [5.41, 5.74) is 47.1. The Morgan fingerprint density at radius 3 is 0.972 bits per heavy atom. The Morgan fingerprint density at radius 1 is 0.375 bits per heavy atom. The first-order valence-corrected chi connectivity index (χ1v) is 61.6. The molecule has 5 atom stereocenters. The molecule has 1 amide bonds. The highest BCUT2D eigenvalue weighted by Gasteiger charge is 2.30. The molecule has 0 radical (unpaired) electrons. The van der Waals surface area contributed by atoms with E-state index in [1.807, 2.05) is 129 Å². The minimum atomic E-state index is -1.18. The number of carbonyl (C=O) groups is 2. The van der Waals surface area contributed by atoms with E-state index >= 15 is 0 Å². The number of amides is 1. The molecule has 0 saturated heterocycles. The molecule has 2 aromatic carbocycles. The monoisotopic (exact) mass is 2220 g/mol. The van der Waals surface area contributed by atoms with Crippen molar-refractivity contribution in [1.29, 1.82) is 0 Å². The number of esters is 1. The number of nitrogens with zero attached hydrogens (tertiary/aromatic N) is 16. The van der Waals surface area contributed by atoms with Crippen molar-refractivity contribution in [3.8, 4) is 109 Å². The van der Waals surface area contributed by atoms with Gasteiger partial charge in [0.05, 0.1) is 107 Å². The standard InChI is InChI=1S/C23H24N4O2S3.C22H21N3O3S3.C19H21N5OS3.C18H19N5OS3.C17H16N4OS4/c1-4-5-11-32(29)23-19(24)18-16(14-7-6-8-15(12-14)22(28)27(2)3)13-17(26-21(18)31-23)20-25-9-10-30-20;1-3-4-10-31(27)22-18(23)17-15(13-6-5-7-14(11-13)21(26)28-2)12-16(25-20(17)30-22)19-24-8-9-29-19;1-4-5-8-28(25)19-16(20)15-12(14-10-22-11(2)24(14)3)9-13(23-18(15)27-19)17-21-6-7-26-17;1-3-4-9-27(24)18-14(19)13-11(15-20-5-7-23(15)2)10-12(22-17(13)26-18)16-21-6-8-25-16;1-2-3-8-26(22)17-13(18)12-10(14-19-4-6-23-14)9-11(21-16(12)25-17)15-20-5-7-24-15/h6-10,12-13H,4-5,11,24H2,1-3H3;5-9,11-12H,3-4,10,23H2,1-2H3;6-7,9-10H,4-5,8,20H2,1-3H3;5-8,10H,3-4,9,19H2,1-2H3;4-7,9H,2-3,8,18H2,1H3. The molecule has 29 nitrogen and oxygen atoms in total. The van der Waals surface area contributed by atoms with E-state index in [9.17, 15) is 30.6 Å². The maximum absolute atomic E-state index is 12.9. The molecule has 18 heterocycles. The number of unbranched alkanes of at least 4 members (excludes halogenated alkanes) is 5. The topological polar surface area (TPSA) is 439 Å². The van der Waals surface area contributed by atoms with E-state index in [2.05, 4.69) is 74.5 Å². The van der Waals surface area contributed by atoms with Crippen molar-refractivity contribution < 1.29 is 35.4 Å². The number of ether oxygens (including phenoxy) is 1. The number of benzene rings is 2. The Hall–Kier alpha value is -11.1. The highest BCUT2D eigenvalue weighted by molar-refractivity contribution is 7.89. The lowest BCUT2D eigenvalue weighted by atomic mass is 9.99. The summed E-state index contributed by atoms with van der Waals surface area (Å²) in [7, 11) is 3.05. The van der Waals surface area contributed by atoms with Crippen LogP contribution in [-0.4, -0.2) is 162 Å². The number of rotatable bonds is 32. The fourth-order valence-corrected chi connectivity index (χ4v) is 32.9. The normalized spacial score (nSPS) is 12.5. The number of nitrogen functional groups attached to an aromatic ring is 5. The molecular weight excluding hydrogens is 2120 g/mol. The Labute approximate surface area is 887 Å². The Balaban J connectivity index is 0.000000129. The molecular formula is C99H101N21O8S16. The van der Waals surface area contributed by atoms with Crippen LogP contribution in [0.15, 0.2) is 188 Å². The van der Waals surface area contributed by atoms with Gasteiger partial charge in [-0.05, 0) is 116 Å². The summed E-state index contributed by atoms with van der Waals surface area (Å²) in [6.45, 7) is 12.4. The van der Waals surface area contributed by atoms with Gasteiger partial charge in [0.1, 0.15) is 115 Å². The zero-order valence-corrected chi connectivity index (χ0v) is 93.2. The molecule has 0 spiro atoms. The van der Waals surface area contributed by atoms with E-state index in [0.29, 0.717) is 95.7 Å². The molecule has 20 aromatic rings. The third-order valence-corrected chi connectivity index (χ3v) is 42.4. The third-order valence-electron chi connectivity index (χ3n) is 22.7. The first-order chi connectivity index (χ1) is 69.7. The van der Waals surface area contributed by atoms with Crippen LogP contribution in [0.2, 0.25) is 0 Å². The fourth-order valence-electron chi connectivity index (χ4n) is 15.2. The Morgan fingerprint density at radius 2 is 0.674 bits per heavy atom. The second-order valence-electron chi connectivity index (χ2n) is 32.7. The van der Waals surface area contributed by atoms with E-state index in [0.717, 1.165) is 224 Å². The van der Waals surface area contributed by atoms with Gasteiger partial charge in [-0.2, -0.15) is 0 Å². The van der Waals surface area contributed by atoms with Crippen LogP contribution >= 0.6 is 125 Å². The summed E-state index contributed by atoms with van der Waals surface area (Å²) in [6, 6.07) is 24.6. The second kappa shape index (κ2) is 48.5. The number of aromatic nitrogens is 15. The first kappa shape index (κ1) is 106. The van der Waals surface area contributed by atoms with Crippen molar-refractivity contribution in [2.75, 3.05) is 78.6 Å². The van der Waals surface area contributed by atoms with Gasteiger partial charge in [-0.1, -0.05) is 91.0 Å². The number of imidazole rings is 2. The van der Waals surface area contributed by atoms with Crippen LogP contribution in [0.1, 0.15) is 125 Å². The maximum Gasteiger partial charge on any atom is 0.337 e. The zero-order valence-electron chi connectivity index (χ0n) is 80.1. The van der Waals surface area contributed by atoms with Crippen LogP contribution in [0.3, 0.4) is 0 Å². The predicted octanol–water partition coefficient (Wildman–Crippen LogP) is 24.6. The number of hydrogen-bond donors (Lipinski definition) is 5. The molecule has 20 rings (SSSR count). The van der Waals surface area contributed by atoms with Gasteiger partial charge in [0.25, 0.3) is 5.91 Å². The lowest BCUT2D eigenvalue weighted by Gasteiger charge is -2.12. The maximum atomic E-state index is 12.9. The van der Waals surface area contributed by atoms with E-state index in [-0.39, 0.29) is 5.91 Å². The zero-order chi connectivity index (χ0) is 102. The third kappa shape index (κ3) is 23.3. The molecule has 18 aromatic heterocycles. The van der Waals surface area contributed by atoms with Gasteiger partial charge in [-0.25, -0.2) is 69.6 Å². The number of methoxy groups -OCH3 is 1. The van der Waals surface area contributed by atoms with E-state index in [1.54, 1.807) is 121 Å². The number of aryl methyl sites for hydroxylation is 2. The van der Waals surface area contributed by atoms with Gasteiger partial charge in [-0.3, -0.25) is 25.8 Å². The number of thiophene rings is 5. The highest BCUT2D eigenvalue weighted by Crippen LogP contribution is 2.50. The van der Waals surface area contributed by atoms with E-state index in [1.165, 1.54) is 97.8 Å². The van der Waals surface area contributed by atoms with Crippen molar-refractivity contribution in [3.63, 3.8) is 0 Å². The summed E-state index contributed by atoms with van der Waals surface area (Å²) < 4.78 is 76.4. The minimum Gasteiger partial charge on any atom is -0.465 e. The number of pyridine rings is 5. The van der Waals surface area contributed by atoms with Crippen molar-refractivity contribution in [3.05, 3.63) is 184 Å². The second-order valence-corrected chi connectivity index (χ2v) is 51.9. The SMILES string of the molecule is CCCCS(=O)c1sc2nc(-c3nccs3)cc(-c3cccc(C(=O)N(C)C)c3)c2c1N.CCCCS(=O)c1sc2nc(-c3nccs3)cc(-c3cccc(C(=O)OC)c3)c2c1N.CCCCS(=O)c1sc2nc(-c3nccs3)cc(-c3cnc(C)n3C)c2c1N.CCCCS(=O)c1sc2nc(-c3nccs3)cc(-c3nccn3C)c2c1N.CCCCS(=O)c1sc2nc(-c3nccs3)cc(-c3nccs3)c2c1N. The smallest absolute Gasteiger partial charge is 0.337 e. The minimum absolute atomic E-state index is 0.0723. The predicted molar refractivity (Wildman–Crippen MR) is 607 cm³/mol. The van der Waals surface area contributed by atoms with Gasteiger partial charge in [0, 0.05) is 188 Å². The van der Waals surface area contributed by atoms with Gasteiger partial charge in [0.15, 0.2) is 0 Å². The molecule has 746 valence electrons. The summed E-state index contributed by atoms with van der Waals surface area (Å²) in [6.07, 6.45) is 25.5. The molecule has 10 N–H and O–H groups in total. The van der Waals surface area contributed by atoms with Crippen LogP contribution in [0, 0.1) is 6.92 Å². The van der Waals surface area contributed by atoms with Gasteiger partial charge in [-0.15, -0.1) is 125 Å². The molecule has 0 saturated carbocycles. The summed E-state index contributed by atoms with van der Waals surface area (Å²) in [5, 5.41) is 20.6. The van der Waals surface area contributed by atoms with E-state index < -0.39 is 60.0 Å². The van der Waals surface area contributed by atoms with Gasteiger partial charge < -0.3 is 47.4 Å². The van der Waals surface area contributed by atoms with Crippen LogP contribution in [0.4, 0.5) is 28.4 Å². The molecule has 5 unspecified atom stereocenters. The van der Waals surface area contributed by atoms with Crippen molar-refractivity contribution >= 4 is 270 Å². The molecule has 0 aliphatic carbocycles. The summed E-state index contributed by atoms with van der Waals surface area (Å²) in [5.74, 6) is 4.24. The Kier molecular flexibility index (Phi) is 35.6. The number of nitrogens with two attached hydrogens (primary N) is 5.